The van der Waals surface area contributed by atoms with E-state index in [-0.39, 0.29) is 18.2 Å². The minimum absolute atomic E-state index is 0.0341. The van der Waals surface area contributed by atoms with Gasteiger partial charge in [-0.15, -0.1) is 0 Å². The molecule has 5 nitrogen and oxygen atoms in total. The summed E-state index contributed by atoms with van der Waals surface area (Å²) >= 11 is 6.01. The molecule has 1 aromatic rings. The SMILES string of the molecule is O=C(CC(=O)N1CCN(c2cccc(Cl)c2)CC1)NC1CC1. The lowest BCUT2D eigenvalue weighted by Gasteiger charge is -2.36. The lowest BCUT2D eigenvalue weighted by atomic mass is 10.2. The topological polar surface area (TPSA) is 52.7 Å². The third-order valence-electron chi connectivity index (χ3n) is 4.06. The van der Waals surface area contributed by atoms with Crippen LogP contribution in [0.3, 0.4) is 0 Å². The second kappa shape index (κ2) is 6.57. The fourth-order valence-electron chi connectivity index (χ4n) is 2.64. The van der Waals surface area contributed by atoms with E-state index in [1.165, 1.54) is 0 Å². The summed E-state index contributed by atoms with van der Waals surface area (Å²) in [6.07, 6.45) is 2.05. The largest absolute Gasteiger partial charge is 0.368 e. The first kappa shape index (κ1) is 15.2. The van der Waals surface area contributed by atoms with E-state index in [9.17, 15) is 9.59 Å². The lowest BCUT2D eigenvalue weighted by molar-refractivity contribution is -0.136. The quantitative estimate of drug-likeness (QED) is 0.858. The van der Waals surface area contributed by atoms with Gasteiger partial charge in [0.05, 0.1) is 0 Å². The van der Waals surface area contributed by atoms with E-state index in [0.717, 1.165) is 31.6 Å². The molecule has 1 heterocycles. The van der Waals surface area contributed by atoms with Gasteiger partial charge in [-0.2, -0.15) is 0 Å². The maximum Gasteiger partial charge on any atom is 0.232 e. The van der Waals surface area contributed by atoms with E-state index in [0.29, 0.717) is 24.2 Å². The molecule has 1 saturated heterocycles. The molecule has 22 heavy (non-hydrogen) atoms. The Kier molecular flexibility index (Phi) is 4.52. The van der Waals surface area contributed by atoms with Crippen molar-refractivity contribution in [1.82, 2.24) is 10.2 Å². The normalized spacial score (nSPS) is 18.2. The Morgan fingerprint density at radius 2 is 1.91 bits per heavy atom. The Labute approximate surface area is 135 Å². The summed E-state index contributed by atoms with van der Waals surface area (Å²) in [6.45, 7) is 2.80. The molecule has 0 bridgehead atoms. The van der Waals surface area contributed by atoms with E-state index in [1.807, 2.05) is 24.3 Å². The summed E-state index contributed by atoms with van der Waals surface area (Å²) in [5.74, 6) is -0.228. The second-order valence-corrected chi connectivity index (χ2v) is 6.30. The zero-order valence-corrected chi connectivity index (χ0v) is 13.2. The molecule has 2 amide bonds. The number of benzene rings is 1. The molecule has 0 atom stereocenters. The molecule has 1 aromatic carbocycles. The third-order valence-corrected chi connectivity index (χ3v) is 4.30. The molecule has 6 heteroatoms. The number of anilines is 1. The van der Waals surface area contributed by atoms with Crippen LogP contribution in [0.15, 0.2) is 24.3 Å². The van der Waals surface area contributed by atoms with Crippen molar-refractivity contribution in [2.45, 2.75) is 25.3 Å². The molecule has 1 aliphatic heterocycles. The van der Waals surface area contributed by atoms with Crippen molar-refractivity contribution in [3.8, 4) is 0 Å². The molecule has 3 rings (SSSR count). The van der Waals surface area contributed by atoms with Crippen LogP contribution in [0.25, 0.3) is 0 Å². The molecule has 1 aliphatic carbocycles. The Bertz CT molecular complexity index is 566. The molecule has 2 aliphatic rings. The van der Waals surface area contributed by atoms with Gasteiger partial charge in [-0.05, 0) is 31.0 Å². The molecule has 2 fully saturated rings. The zero-order valence-electron chi connectivity index (χ0n) is 12.4. The van der Waals surface area contributed by atoms with Crippen LogP contribution in [0.5, 0.6) is 0 Å². The number of rotatable bonds is 4. The van der Waals surface area contributed by atoms with Gasteiger partial charge in [-0.3, -0.25) is 9.59 Å². The van der Waals surface area contributed by atoms with Gasteiger partial charge in [0.1, 0.15) is 6.42 Å². The van der Waals surface area contributed by atoms with Crippen molar-refractivity contribution in [3.05, 3.63) is 29.3 Å². The average Bonchev–Trinajstić information content (AvgIpc) is 3.31. The Morgan fingerprint density at radius 3 is 2.55 bits per heavy atom. The molecule has 0 aromatic heterocycles. The number of nitrogens with zero attached hydrogens (tertiary/aromatic N) is 2. The van der Waals surface area contributed by atoms with Gasteiger partial charge in [-0.25, -0.2) is 0 Å². The van der Waals surface area contributed by atoms with Crippen LogP contribution in [-0.4, -0.2) is 48.9 Å². The lowest BCUT2D eigenvalue weighted by Crippen LogP contribution is -2.49. The van der Waals surface area contributed by atoms with E-state index < -0.39 is 0 Å². The maximum atomic E-state index is 12.1. The van der Waals surface area contributed by atoms with Crippen molar-refractivity contribution in [2.24, 2.45) is 0 Å². The van der Waals surface area contributed by atoms with Crippen LogP contribution in [0.2, 0.25) is 5.02 Å². The zero-order chi connectivity index (χ0) is 15.5. The number of halogens is 1. The van der Waals surface area contributed by atoms with Crippen molar-refractivity contribution in [2.75, 3.05) is 31.1 Å². The fourth-order valence-corrected chi connectivity index (χ4v) is 2.83. The average molecular weight is 322 g/mol. The van der Waals surface area contributed by atoms with E-state index in [4.69, 9.17) is 11.6 Å². The summed E-state index contributed by atoms with van der Waals surface area (Å²) in [5.41, 5.74) is 1.08. The highest BCUT2D eigenvalue weighted by atomic mass is 35.5. The molecule has 1 N–H and O–H groups in total. The van der Waals surface area contributed by atoms with Crippen LogP contribution < -0.4 is 10.2 Å². The number of hydrogen-bond donors (Lipinski definition) is 1. The summed E-state index contributed by atoms with van der Waals surface area (Å²) in [4.78, 5) is 27.8. The molecule has 118 valence electrons. The number of amides is 2. The van der Waals surface area contributed by atoms with Crippen LogP contribution in [-0.2, 0) is 9.59 Å². The Morgan fingerprint density at radius 1 is 1.18 bits per heavy atom. The molecular weight excluding hydrogens is 302 g/mol. The van der Waals surface area contributed by atoms with Gasteiger partial charge in [0.25, 0.3) is 0 Å². The minimum Gasteiger partial charge on any atom is -0.368 e. The molecule has 0 spiro atoms. The van der Waals surface area contributed by atoms with Crippen molar-refractivity contribution in [3.63, 3.8) is 0 Å². The first-order chi connectivity index (χ1) is 10.6. The summed E-state index contributed by atoms with van der Waals surface area (Å²) < 4.78 is 0. The van der Waals surface area contributed by atoms with Gasteiger partial charge in [0, 0.05) is 42.9 Å². The number of carbonyl (C=O) groups excluding carboxylic acids is 2. The minimum atomic E-state index is -0.148. The Balaban J connectivity index is 1.48. The maximum absolute atomic E-state index is 12.1. The van der Waals surface area contributed by atoms with Gasteiger partial charge in [0.15, 0.2) is 0 Å². The van der Waals surface area contributed by atoms with Gasteiger partial charge in [0.2, 0.25) is 11.8 Å². The number of carbonyl (C=O) groups is 2. The predicted molar refractivity (Wildman–Crippen MR) is 86.0 cm³/mol. The second-order valence-electron chi connectivity index (χ2n) is 5.87. The molecule has 0 radical (unpaired) electrons. The molecule has 1 saturated carbocycles. The van der Waals surface area contributed by atoms with Crippen LogP contribution >= 0.6 is 11.6 Å². The number of piperazine rings is 1. The predicted octanol–water partition coefficient (Wildman–Crippen LogP) is 1.66. The molecular formula is C16H20ClN3O2. The van der Waals surface area contributed by atoms with Crippen molar-refractivity contribution in [1.29, 1.82) is 0 Å². The fraction of sp³-hybridized carbons (Fsp3) is 0.500. The van der Waals surface area contributed by atoms with Crippen LogP contribution in [0.4, 0.5) is 5.69 Å². The number of nitrogens with one attached hydrogen (secondary N) is 1. The first-order valence-corrected chi connectivity index (χ1v) is 8.07. The van der Waals surface area contributed by atoms with E-state index >= 15 is 0 Å². The van der Waals surface area contributed by atoms with Gasteiger partial charge < -0.3 is 15.1 Å². The highest BCUT2D eigenvalue weighted by Gasteiger charge is 2.27. The van der Waals surface area contributed by atoms with Gasteiger partial charge >= 0.3 is 0 Å². The molecule has 0 unspecified atom stereocenters. The van der Waals surface area contributed by atoms with Crippen molar-refractivity contribution >= 4 is 29.1 Å². The monoisotopic (exact) mass is 321 g/mol. The highest BCUT2D eigenvalue weighted by molar-refractivity contribution is 6.30. The Hall–Kier alpha value is -1.75. The van der Waals surface area contributed by atoms with E-state index in [1.54, 1.807) is 4.90 Å². The summed E-state index contributed by atoms with van der Waals surface area (Å²) in [5, 5.41) is 3.57. The standard InChI is InChI=1S/C16H20ClN3O2/c17-12-2-1-3-14(10-12)19-6-8-20(9-7-19)16(22)11-15(21)18-13-4-5-13/h1-3,10,13H,4-9,11H2,(H,18,21). The summed E-state index contributed by atoms with van der Waals surface area (Å²) in [7, 11) is 0. The highest BCUT2D eigenvalue weighted by Crippen LogP contribution is 2.21. The smallest absolute Gasteiger partial charge is 0.232 e. The van der Waals surface area contributed by atoms with Crippen LogP contribution in [0.1, 0.15) is 19.3 Å². The third kappa shape index (κ3) is 3.91. The first-order valence-electron chi connectivity index (χ1n) is 7.69. The van der Waals surface area contributed by atoms with Crippen molar-refractivity contribution < 1.29 is 9.59 Å². The van der Waals surface area contributed by atoms with E-state index in [2.05, 4.69) is 10.2 Å². The summed E-state index contributed by atoms with van der Waals surface area (Å²) in [6, 6.07) is 8.04. The van der Waals surface area contributed by atoms with Gasteiger partial charge in [-0.1, -0.05) is 17.7 Å². The van der Waals surface area contributed by atoms with Crippen LogP contribution in [0, 0.1) is 0 Å². The number of hydrogen-bond acceptors (Lipinski definition) is 3.